The van der Waals surface area contributed by atoms with Gasteiger partial charge in [-0.2, -0.15) is 0 Å². The summed E-state index contributed by atoms with van der Waals surface area (Å²) in [6.07, 6.45) is 4.03. The first-order valence-corrected chi connectivity index (χ1v) is 5.58. The van der Waals surface area contributed by atoms with E-state index >= 15 is 0 Å². The van der Waals surface area contributed by atoms with Gasteiger partial charge in [0, 0.05) is 25.5 Å². The van der Waals surface area contributed by atoms with Crippen LogP contribution in [0.2, 0.25) is 5.02 Å². The van der Waals surface area contributed by atoms with Gasteiger partial charge in [-0.3, -0.25) is 14.7 Å². The van der Waals surface area contributed by atoms with Gasteiger partial charge in [-0.15, -0.1) is 0 Å². The minimum atomic E-state index is -0.705. The molecule has 1 aromatic heterocycles. The SMILES string of the molecule is O=C(O)C1CCN(Cc2ccncc2Cl)C1. The van der Waals surface area contributed by atoms with Crippen molar-refractivity contribution < 1.29 is 9.90 Å². The lowest BCUT2D eigenvalue weighted by atomic mass is 10.1. The zero-order valence-electron chi connectivity index (χ0n) is 8.77. The molecule has 86 valence electrons. The molecule has 1 unspecified atom stereocenters. The maximum atomic E-state index is 10.8. The number of carboxylic acids is 1. The number of likely N-dealkylation sites (tertiary alicyclic amines) is 1. The lowest BCUT2D eigenvalue weighted by Gasteiger charge is -2.15. The maximum absolute atomic E-state index is 10.8. The van der Waals surface area contributed by atoms with Crippen LogP contribution in [0.1, 0.15) is 12.0 Å². The molecule has 2 rings (SSSR count). The van der Waals surface area contributed by atoms with E-state index in [9.17, 15) is 4.79 Å². The fourth-order valence-corrected chi connectivity index (χ4v) is 2.13. The molecule has 16 heavy (non-hydrogen) atoms. The molecule has 0 amide bonds. The van der Waals surface area contributed by atoms with Crippen LogP contribution in [-0.4, -0.2) is 34.0 Å². The molecule has 2 heterocycles. The first-order chi connectivity index (χ1) is 7.66. The minimum absolute atomic E-state index is 0.236. The fraction of sp³-hybridized carbons (Fsp3) is 0.455. The van der Waals surface area contributed by atoms with Crippen LogP contribution in [0.15, 0.2) is 18.5 Å². The Kier molecular flexibility index (Phi) is 3.41. The van der Waals surface area contributed by atoms with E-state index < -0.39 is 5.97 Å². The van der Waals surface area contributed by atoms with Crippen LogP contribution in [-0.2, 0) is 11.3 Å². The number of hydrogen-bond acceptors (Lipinski definition) is 3. The summed E-state index contributed by atoms with van der Waals surface area (Å²) in [5.74, 6) is -0.941. The van der Waals surface area contributed by atoms with Gasteiger partial charge in [0.1, 0.15) is 0 Å². The summed E-state index contributed by atoms with van der Waals surface area (Å²) in [5, 5.41) is 9.53. The molecular weight excluding hydrogens is 228 g/mol. The standard InChI is InChI=1S/C11H13ClN2O2/c12-10-5-13-3-1-8(10)6-14-4-2-9(7-14)11(15)16/h1,3,5,9H,2,4,6-7H2,(H,15,16). The summed E-state index contributed by atoms with van der Waals surface area (Å²) in [5.41, 5.74) is 1.00. The van der Waals surface area contributed by atoms with Crippen molar-refractivity contribution in [2.24, 2.45) is 5.92 Å². The molecule has 0 spiro atoms. The van der Waals surface area contributed by atoms with Gasteiger partial charge in [0.2, 0.25) is 0 Å². The van der Waals surface area contributed by atoms with Crippen molar-refractivity contribution in [2.75, 3.05) is 13.1 Å². The van der Waals surface area contributed by atoms with E-state index in [2.05, 4.69) is 9.88 Å². The molecular formula is C11H13ClN2O2. The largest absolute Gasteiger partial charge is 0.481 e. The van der Waals surface area contributed by atoms with E-state index in [0.29, 0.717) is 18.1 Å². The third-order valence-corrected chi connectivity index (χ3v) is 3.21. The molecule has 5 heteroatoms. The summed E-state index contributed by atoms with van der Waals surface area (Å²) >= 11 is 6.00. The predicted molar refractivity (Wildman–Crippen MR) is 60.3 cm³/mol. The molecule has 1 atom stereocenters. The van der Waals surface area contributed by atoms with Crippen LogP contribution in [0.5, 0.6) is 0 Å². The highest BCUT2D eigenvalue weighted by Crippen LogP contribution is 2.21. The number of nitrogens with zero attached hydrogens (tertiary/aromatic N) is 2. The molecule has 4 nitrogen and oxygen atoms in total. The van der Waals surface area contributed by atoms with Crippen molar-refractivity contribution >= 4 is 17.6 Å². The lowest BCUT2D eigenvalue weighted by molar-refractivity contribution is -0.141. The number of aliphatic carboxylic acids is 1. The first kappa shape index (κ1) is 11.4. The highest BCUT2D eigenvalue weighted by molar-refractivity contribution is 6.31. The van der Waals surface area contributed by atoms with Crippen LogP contribution >= 0.6 is 11.6 Å². The Morgan fingerprint density at radius 1 is 1.69 bits per heavy atom. The first-order valence-electron chi connectivity index (χ1n) is 5.20. The van der Waals surface area contributed by atoms with Crippen molar-refractivity contribution in [1.82, 2.24) is 9.88 Å². The van der Waals surface area contributed by atoms with Crippen molar-refractivity contribution in [2.45, 2.75) is 13.0 Å². The monoisotopic (exact) mass is 240 g/mol. The summed E-state index contributed by atoms with van der Waals surface area (Å²) in [4.78, 5) is 16.8. The number of carbonyl (C=O) groups is 1. The van der Waals surface area contributed by atoms with E-state index in [1.807, 2.05) is 6.07 Å². The van der Waals surface area contributed by atoms with E-state index in [-0.39, 0.29) is 5.92 Å². The highest BCUT2D eigenvalue weighted by atomic mass is 35.5. The van der Waals surface area contributed by atoms with E-state index in [0.717, 1.165) is 18.5 Å². The second kappa shape index (κ2) is 4.80. The Morgan fingerprint density at radius 3 is 3.12 bits per heavy atom. The normalized spacial score (nSPS) is 21.2. The number of rotatable bonds is 3. The Hall–Kier alpha value is -1.13. The average molecular weight is 241 g/mol. The number of halogens is 1. The van der Waals surface area contributed by atoms with Gasteiger partial charge >= 0.3 is 5.97 Å². The van der Waals surface area contributed by atoms with Gasteiger partial charge in [-0.1, -0.05) is 11.6 Å². The molecule has 1 fully saturated rings. The van der Waals surface area contributed by atoms with Crippen molar-refractivity contribution in [3.05, 3.63) is 29.0 Å². The molecule has 1 N–H and O–H groups in total. The second-order valence-corrected chi connectivity index (χ2v) is 4.43. The zero-order valence-corrected chi connectivity index (χ0v) is 9.52. The molecule has 0 radical (unpaired) electrons. The van der Waals surface area contributed by atoms with Crippen LogP contribution in [0, 0.1) is 5.92 Å². The number of carboxylic acid groups (broad SMARTS) is 1. The maximum Gasteiger partial charge on any atom is 0.307 e. The lowest BCUT2D eigenvalue weighted by Crippen LogP contribution is -2.22. The van der Waals surface area contributed by atoms with Crippen LogP contribution in [0.25, 0.3) is 0 Å². The van der Waals surface area contributed by atoms with Gasteiger partial charge in [0.05, 0.1) is 10.9 Å². The summed E-state index contributed by atoms with van der Waals surface area (Å²) in [6.45, 7) is 2.12. The van der Waals surface area contributed by atoms with Crippen molar-refractivity contribution in [3.63, 3.8) is 0 Å². The molecule has 0 saturated carbocycles. The minimum Gasteiger partial charge on any atom is -0.481 e. The topological polar surface area (TPSA) is 53.4 Å². The van der Waals surface area contributed by atoms with E-state index in [1.165, 1.54) is 0 Å². The van der Waals surface area contributed by atoms with Gasteiger partial charge in [-0.05, 0) is 24.6 Å². The summed E-state index contributed by atoms with van der Waals surface area (Å²) < 4.78 is 0. The molecule has 1 aliphatic heterocycles. The van der Waals surface area contributed by atoms with Gasteiger partial charge < -0.3 is 5.11 Å². The smallest absolute Gasteiger partial charge is 0.307 e. The fourth-order valence-electron chi connectivity index (χ4n) is 1.95. The van der Waals surface area contributed by atoms with Crippen molar-refractivity contribution in [1.29, 1.82) is 0 Å². The molecule has 0 aromatic carbocycles. The number of pyridine rings is 1. The Balaban J connectivity index is 1.97. The van der Waals surface area contributed by atoms with Crippen LogP contribution in [0.3, 0.4) is 0 Å². The second-order valence-electron chi connectivity index (χ2n) is 4.03. The number of hydrogen-bond donors (Lipinski definition) is 1. The quantitative estimate of drug-likeness (QED) is 0.873. The summed E-state index contributed by atoms with van der Waals surface area (Å²) in [6, 6.07) is 1.87. The van der Waals surface area contributed by atoms with Crippen LogP contribution in [0.4, 0.5) is 0 Å². The Morgan fingerprint density at radius 2 is 2.50 bits per heavy atom. The van der Waals surface area contributed by atoms with Crippen molar-refractivity contribution in [3.8, 4) is 0 Å². The molecule has 1 saturated heterocycles. The van der Waals surface area contributed by atoms with Crippen LogP contribution < -0.4 is 0 Å². The number of aromatic nitrogens is 1. The summed E-state index contributed by atoms with van der Waals surface area (Å²) in [7, 11) is 0. The third-order valence-electron chi connectivity index (χ3n) is 2.87. The highest BCUT2D eigenvalue weighted by Gasteiger charge is 2.27. The molecule has 0 bridgehead atoms. The third kappa shape index (κ3) is 2.51. The van der Waals surface area contributed by atoms with E-state index in [1.54, 1.807) is 12.4 Å². The molecule has 0 aliphatic carbocycles. The predicted octanol–water partition coefficient (Wildman–Crippen LogP) is 1.64. The van der Waals surface area contributed by atoms with E-state index in [4.69, 9.17) is 16.7 Å². The van der Waals surface area contributed by atoms with Gasteiger partial charge in [0.15, 0.2) is 0 Å². The Bertz CT molecular complexity index is 397. The van der Waals surface area contributed by atoms with Gasteiger partial charge in [0.25, 0.3) is 0 Å². The zero-order chi connectivity index (χ0) is 11.5. The molecule has 1 aromatic rings. The molecule has 1 aliphatic rings. The Labute approximate surface area is 98.9 Å². The van der Waals surface area contributed by atoms with Gasteiger partial charge in [-0.25, -0.2) is 0 Å². The average Bonchev–Trinajstić information content (AvgIpc) is 2.70.